The molecule has 0 fully saturated rings. The molecule has 1 atom stereocenters. The number of aryl methyl sites for hydroxylation is 3. The Morgan fingerprint density at radius 3 is 2.24 bits per heavy atom. The van der Waals surface area contributed by atoms with E-state index in [4.69, 9.17) is 0 Å². The van der Waals surface area contributed by atoms with Crippen LogP contribution in [0.15, 0.2) is 30.3 Å². The van der Waals surface area contributed by atoms with Crippen LogP contribution in [0, 0.1) is 32.4 Å². The van der Waals surface area contributed by atoms with Crippen LogP contribution in [0.2, 0.25) is 0 Å². The van der Waals surface area contributed by atoms with Gasteiger partial charge < -0.3 is 5.32 Å². The van der Waals surface area contributed by atoms with E-state index < -0.39 is 5.82 Å². The first-order valence-electron chi connectivity index (χ1n) is 7.13. The van der Waals surface area contributed by atoms with E-state index in [1.54, 1.807) is 0 Å². The third-order valence-electron chi connectivity index (χ3n) is 3.85. The number of hydrogen-bond donors (Lipinski definition) is 1. The second kappa shape index (κ2) is 6.35. The van der Waals surface area contributed by atoms with Crippen molar-refractivity contribution >= 4 is 0 Å². The lowest BCUT2D eigenvalue weighted by molar-refractivity contribution is 0.517. The first kappa shape index (κ1) is 15.6. The van der Waals surface area contributed by atoms with Crippen molar-refractivity contribution in [1.29, 1.82) is 0 Å². The van der Waals surface area contributed by atoms with E-state index in [-0.39, 0.29) is 11.9 Å². The number of rotatable bonds is 4. The minimum atomic E-state index is -0.414. The van der Waals surface area contributed by atoms with Gasteiger partial charge in [0.05, 0.1) is 0 Å². The second-order valence-corrected chi connectivity index (χ2v) is 5.65. The van der Waals surface area contributed by atoms with E-state index in [0.717, 1.165) is 6.07 Å². The average Bonchev–Trinajstić information content (AvgIpc) is 2.40. The molecular weight excluding hydrogens is 268 g/mol. The summed E-state index contributed by atoms with van der Waals surface area (Å²) in [7, 11) is 0. The van der Waals surface area contributed by atoms with Crippen molar-refractivity contribution in [1.82, 2.24) is 5.32 Å². The molecule has 0 aromatic heterocycles. The van der Waals surface area contributed by atoms with E-state index in [2.05, 4.69) is 38.2 Å². The lowest BCUT2D eigenvalue weighted by atomic mass is 9.99. The number of halogens is 2. The van der Waals surface area contributed by atoms with Gasteiger partial charge in [-0.3, -0.25) is 0 Å². The maximum absolute atomic E-state index is 13.8. The Morgan fingerprint density at radius 2 is 1.62 bits per heavy atom. The lowest BCUT2D eigenvalue weighted by Crippen LogP contribution is -2.20. The van der Waals surface area contributed by atoms with E-state index in [1.807, 2.05) is 6.92 Å². The van der Waals surface area contributed by atoms with E-state index in [1.165, 1.54) is 34.4 Å². The van der Waals surface area contributed by atoms with Crippen molar-refractivity contribution < 1.29 is 8.78 Å². The van der Waals surface area contributed by atoms with Crippen molar-refractivity contribution in [3.63, 3.8) is 0 Å². The number of hydrogen-bond acceptors (Lipinski definition) is 1. The van der Waals surface area contributed by atoms with Gasteiger partial charge in [0.15, 0.2) is 0 Å². The molecule has 0 radical (unpaired) electrons. The second-order valence-electron chi connectivity index (χ2n) is 5.65. The Balaban J connectivity index is 2.15. The molecule has 112 valence electrons. The van der Waals surface area contributed by atoms with Gasteiger partial charge in [-0.15, -0.1) is 0 Å². The first-order valence-corrected chi connectivity index (χ1v) is 7.13. The fourth-order valence-electron chi connectivity index (χ4n) is 2.70. The molecule has 21 heavy (non-hydrogen) atoms. The molecule has 0 bridgehead atoms. The van der Waals surface area contributed by atoms with Gasteiger partial charge >= 0.3 is 0 Å². The van der Waals surface area contributed by atoms with E-state index in [0.29, 0.717) is 12.1 Å². The molecular formula is C18H21F2N. The molecule has 0 aliphatic heterocycles. The molecule has 0 aliphatic rings. The zero-order valence-electron chi connectivity index (χ0n) is 12.9. The minimum Gasteiger partial charge on any atom is -0.306 e. The third kappa shape index (κ3) is 3.67. The Bertz CT molecular complexity index is 627. The van der Waals surface area contributed by atoms with Crippen molar-refractivity contribution in [2.24, 2.45) is 0 Å². The van der Waals surface area contributed by atoms with Gasteiger partial charge in [0.2, 0.25) is 0 Å². The smallest absolute Gasteiger partial charge is 0.128 e. The molecule has 0 heterocycles. The maximum atomic E-state index is 13.8. The standard InChI is InChI=1S/C18H21F2N/c1-11-7-12(2)17(13(3)8-11)10-21-14(4)16-9-15(19)5-6-18(16)20/h5-9,14,21H,10H2,1-4H3. The predicted molar refractivity (Wildman–Crippen MR) is 82.3 cm³/mol. The van der Waals surface area contributed by atoms with Crippen LogP contribution in [-0.2, 0) is 6.54 Å². The van der Waals surface area contributed by atoms with Gasteiger partial charge in [-0.1, -0.05) is 17.7 Å². The predicted octanol–water partition coefficient (Wildman–Crippen LogP) is 4.74. The van der Waals surface area contributed by atoms with Crippen molar-refractivity contribution in [2.75, 3.05) is 0 Å². The topological polar surface area (TPSA) is 12.0 Å². The number of nitrogens with one attached hydrogen (secondary N) is 1. The molecule has 0 saturated carbocycles. The Morgan fingerprint density at radius 1 is 1.00 bits per heavy atom. The maximum Gasteiger partial charge on any atom is 0.128 e. The summed E-state index contributed by atoms with van der Waals surface area (Å²) in [4.78, 5) is 0. The van der Waals surface area contributed by atoms with Crippen LogP contribution in [0.4, 0.5) is 8.78 Å². The average molecular weight is 289 g/mol. The Kier molecular flexibility index (Phi) is 4.73. The molecule has 2 aromatic rings. The highest BCUT2D eigenvalue weighted by molar-refractivity contribution is 5.37. The summed E-state index contributed by atoms with van der Waals surface area (Å²) in [6, 6.07) is 7.59. The van der Waals surface area contributed by atoms with Crippen LogP contribution < -0.4 is 5.32 Å². The molecule has 0 saturated heterocycles. The molecule has 3 heteroatoms. The zero-order valence-corrected chi connectivity index (χ0v) is 12.9. The molecule has 0 spiro atoms. The van der Waals surface area contributed by atoms with Gasteiger partial charge in [-0.2, -0.15) is 0 Å². The van der Waals surface area contributed by atoms with Crippen LogP contribution in [0.5, 0.6) is 0 Å². The molecule has 1 N–H and O–H groups in total. The molecule has 2 rings (SSSR count). The SMILES string of the molecule is Cc1cc(C)c(CNC(C)c2cc(F)ccc2F)c(C)c1. The summed E-state index contributed by atoms with van der Waals surface area (Å²) < 4.78 is 27.0. The summed E-state index contributed by atoms with van der Waals surface area (Å²) in [5.41, 5.74) is 5.23. The van der Waals surface area contributed by atoms with Gasteiger partial charge in [0.1, 0.15) is 11.6 Å². The fourth-order valence-corrected chi connectivity index (χ4v) is 2.70. The van der Waals surface area contributed by atoms with Gasteiger partial charge in [-0.05, 0) is 62.6 Å². The summed E-state index contributed by atoms with van der Waals surface area (Å²) in [6.07, 6.45) is 0. The first-order chi connectivity index (χ1) is 9.88. The largest absolute Gasteiger partial charge is 0.306 e. The molecule has 1 unspecified atom stereocenters. The normalized spacial score (nSPS) is 12.5. The summed E-state index contributed by atoms with van der Waals surface area (Å²) >= 11 is 0. The third-order valence-corrected chi connectivity index (χ3v) is 3.85. The van der Waals surface area contributed by atoms with E-state index in [9.17, 15) is 8.78 Å². The van der Waals surface area contributed by atoms with Crippen molar-refractivity contribution in [2.45, 2.75) is 40.3 Å². The monoisotopic (exact) mass is 289 g/mol. The van der Waals surface area contributed by atoms with Gasteiger partial charge in [0.25, 0.3) is 0 Å². The summed E-state index contributed by atoms with van der Waals surface area (Å²) in [5, 5.41) is 3.28. The van der Waals surface area contributed by atoms with Gasteiger partial charge in [0, 0.05) is 18.2 Å². The molecule has 2 aromatic carbocycles. The molecule has 0 amide bonds. The van der Waals surface area contributed by atoms with Crippen LogP contribution in [0.25, 0.3) is 0 Å². The van der Waals surface area contributed by atoms with Crippen LogP contribution >= 0.6 is 0 Å². The highest BCUT2D eigenvalue weighted by Gasteiger charge is 2.13. The quantitative estimate of drug-likeness (QED) is 0.857. The molecule has 1 nitrogen and oxygen atoms in total. The lowest BCUT2D eigenvalue weighted by Gasteiger charge is -2.18. The van der Waals surface area contributed by atoms with E-state index >= 15 is 0 Å². The fraction of sp³-hybridized carbons (Fsp3) is 0.333. The summed E-state index contributed by atoms with van der Waals surface area (Å²) in [6.45, 7) is 8.70. The van der Waals surface area contributed by atoms with Crippen molar-refractivity contribution in [3.05, 3.63) is 69.8 Å². The highest BCUT2D eigenvalue weighted by atomic mass is 19.1. The summed E-state index contributed by atoms with van der Waals surface area (Å²) in [5.74, 6) is -0.795. The van der Waals surface area contributed by atoms with Crippen LogP contribution in [0.3, 0.4) is 0 Å². The molecule has 0 aliphatic carbocycles. The Labute approximate surface area is 125 Å². The highest BCUT2D eigenvalue weighted by Crippen LogP contribution is 2.21. The zero-order chi connectivity index (χ0) is 15.6. The van der Waals surface area contributed by atoms with Gasteiger partial charge in [-0.25, -0.2) is 8.78 Å². The van der Waals surface area contributed by atoms with Crippen LogP contribution in [-0.4, -0.2) is 0 Å². The van der Waals surface area contributed by atoms with Crippen LogP contribution in [0.1, 0.15) is 40.8 Å². The Hall–Kier alpha value is -1.74. The number of benzene rings is 2. The van der Waals surface area contributed by atoms with Crippen molar-refractivity contribution in [3.8, 4) is 0 Å². The minimum absolute atomic E-state index is 0.249.